The van der Waals surface area contributed by atoms with Gasteiger partial charge in [-0.2, -0.15) is 5.10 Å². The van der Waals surface area contributed by atoms with Crippen LogP contribution < -0.4 is 0 Å². The number of hydrogen-bond donors (Lipinski definition) is 0. The molecule has 0 N–H and O–H groups in total. The number of aromatic nitrogens is 3. The number of halogens is 2. The zero-order valence-electron chi connectivity index (χ0n) is 9.07. The highest BCUT2D eigenvalue weighted by atomic mass is 127. The molecule has 0 spiro atoms. The van der Waals surface area contributed by atoms with E-state index in [4.69, 9.17) is 16.3 Å². The quantitative estimate of drug-likeness (QED) is 0.729. The molecule has 1 aliphatic heterocycles. The van der Waals surface area contributed by atoms with E-state index in [-0.39, 0.29) is 6.23 Å². The van der Waals surface area contributed by atoms with Gasteiger partial charge in [0.25, 0.3) is 0 Å². The Morgan fingerprint density at radius 2 is 2.35 bits per heavy atom. The van der Waals surface area contributed by atoms with Gasteiger partial charge in [0, 0.05) is 12.8 Å². The van der Waals surface area contributed by atoms with Crippen LogP contribution in [0.2, 0.25) is 5.02 Å². The molecule has 2 aromatic rings. The molecule has 0 radical (unpaired) electrons. The van der Waals surface area contributed by atoms with E-state index in [1.165, 1.54) is 6.42 Å². The number of ether oxygens (including phenoxy) is 1. The molecular formula is C11H11ClIN3O. The summed E-state index contributed by atoms with van der Waals surface area (Å²) in [4.78, 5) is 4.33. The Labute approximate surface area is 117 Å². The Kier molecular flexibility index (Phi) is 3.23. The fourth-order valence-electron chi connectivity index (χ4n) is 2.12. The molecule has 0 saturated carbocycles. The summed E-state index contributed by atoms with van der Waals surface area (Å²) in [5, 5.41) is 5.19. The van der Waals surface area contributed by atoms with E-state index >= 15 is 0 Å². The minimum Gasteiger partial charge on any atom is -0.356 e. The van der Waals surface area contributed by atoms with E-state index in [0.29, 0.717) is 5.02 Å². The van der Waals surface area contributed by atoms with Crippen molar-refractivity contribution in [3.63, 3.8) is 0 Å². The van der Waals surface area contributed by atoms with Crippen LogP contribution in [0, 0.1) is 3.70 Å². The summed E-state index contributed by atoms with van der Waals surface area (Å²) < 4.78 is 8.50. The molecule has 2 aromatic heterocycles. The summed E-state index contributed by atoms with van der Waals surface area (Å²) in [7, 11) is 0. The van der Waals surface area contributed by atoms with Crippen molar-refractivity contribution in [3.05, 3.63) is 21.0 Å². The molecule has 1 aliphatic rings. The van der Waals surface area contributed by atoms with Gasteiger partial charge < -0.3 is 4.74 Å². The third kappa shape index (κ3) is 2.04. The van der Waals surface area contributed by atoms with Gasteiger partial charge in [-0.1, -0.05) is 11.6 Å². The number of fused-ring (bicyclic) bond motifs is 1. The predicted molar refractivity (Wildman–Crippen MR) is 74.1 cm³/mol. The number of hydrogen-bond acceptors (Lipinski definition) is 3. The monoisotopic (exact) mass is 363 g/mol. The summed E-state index contributed by atoms with van der Waals surface area (Å²) >= 11 is 8.42. The normalized spacial score (nSPS) is 20.9. The van der Waals surface area contributed by atoms with Gasteiger partial charge in [-0.05, 0) is 47.9 Å². The molecule has 6 heteroatoms. The van der Waals surface area contributed by atoms with Crippen LogP contribution in [0.1, 0.15) is 25.5 Å². The van der Waals surface area contributed by atoms with Crippen LogP contribution in [0.3, 0.4) is 0 Å². The maximum atomic E-state index is 6.24. The van der Waals surface area contributed by atoms with Gasteiger partial charge in [0.15, 0.2) is 6.23 Å². The third-order valence-corrected chi connectivity index (χ3v) is 3.96. The second-order valence-corrected chi connectivity index (χ2v) is 5.48. The van der Waals surface area contributed by atoms with E-state index in [1.54, 1.807) is 12.3 Å². The van der Waals surface area contributed by atoms with Crippen LogP contribution in [-0.4, -0.2) is 21.4 Å². The molecule has 0 bridgehead atoms. The van der Waals surface area contributed by atoms with Crippen LogP contribution in [0.15, 0.2) is 12.3 Å². The second kappa shape index (κ2) is 4.70. The fourth-order valence-corrected chi connectivity index (χ4v) is 2.98. The second-order valence-electron chi connectivity index (χ2n) is 4.05. The maximum Gasteiger partial charge on any atom is 0.151 e. The number of nitrogens with zero attached hydrogens (tertiary/aromatic N) is 3. The molecule has 1 unspecified atom stereocenters. The first-order valence-electron chi connectivity index (χ1n) is 5.57. The van der Waals surface area contributed by atoms with Gasteiger partial charge in [-0.15, -0.1) is 0 Å². The van der Waals surface area contributed by atoms with Gasteiger partial charge in [0.2, 0.25) is 0 Å². The molecular weight excluding hydrogens is 352 g/mol. The van der Waals surface area contributed by atoms with Crippen molar-refractivity contribution in [2.24, 2.45) is 0 Å². The Morgan fingerprint density at radius 1 is 1.47 bits per heavy atom. The van der Waals surface area contributed by atoms with Gasteiger partial charge in [-0.3, -0.25) is 4.98 Å². The summed E-state index contributed by atoms with van der Waals surface area (Å²) in [5.41, 5.74) is 1.73. The zero-order valence-corrected chi connectivity index (χ0v) is 12.0. The molecule has 3 rings (SSSR count). The zero-order chi connectivity index (χ0) is 11.8. The van der Waals surface area contributed by atoms with Gasteiger partial charge in [0.1, 0.15) is 14.7 Å². The molecule has 0 amide bonds. The van der Waals surface area contributed by atoms with Crippen molar-refractivity contribution >= 4 is 45.2 Å². The highest BCUT2D eigenvalue weighted by molar-refractivity contribution is 14.1. The molecule has 0 aliphatic carbocycles. The van der Waals surface area contributed by atoms with Crippen molar-refractivity contribution < 1.29 is 4.74 Å². The molecule has 1 saturated heterocycles. The van der Waals surface area contributed by atoms with Crippen LogP contribution in [0.4, 0.5) is 0 Å². The lowest BCUT2D eigenvalue weighted by Crippen LogP contribution is -2.19. The van der Waals surface area contributed by atoms with Crippen molar-refractivity contribution in [2.75, 3.05) is 6.61 Å². The predicted octanol–water partition coefficient (Wildman–Crippen LogP) is 3.39. The smallest absolute Gasteiger partial charge is 0.151 e. The number of rotatable bonds is 1. The van der Waals surface area contributed by atoms with Gasteiger partial charge >= 0.3 is 0 Å². The molecule has 1 atom stereocenters. The highest BCUT2D eigenvalue weighted by Crippen LogP contribution is 2.31. The molecule has 0 aromatic carbocycles. The Hall–Kier alpha value is -0.400. The van der Waals surface area contributed by atoms with Crippen LogP contribution >= 0.6 is 34.2 Å². The minimum atomic E-state index is -0.00327. The highest BCUT2D eigenvalue weighted by Gasteiger charge is 2.22. The fraction of sp³-hybridized carbons (Fsp3) is 0.455. The lowest BCUT2D eigenvalue weighted by molar-refractivity contribution is -0.0368. The van der Waals surface area contributed by atoms with Crippen molar-refractivity contribution in [2.45, 2.75) is 25.5 Å². The summed E-state index contributed by atoms with van der Waals surface area (Å²) in [5.74, 6) is 0. The Balaban J connectivity index is 2.15. The summed E-state index contributed by atoms with van der Waals surface area (Å²) in [6, 6.07) is 1.79. The average molecular weight is 364 g/mol. The van der Waals surface area contributed by atoms with Crippen molar-refractivity contribution in [1.82, 2.24) is 14.8 Å². The molecule has 1 fully saturated rings. The Bertz CT molecular complexity index is 551. The van der Waals surface area contributed by atoms with E-state index in [2.05, 4.69) is 32.7 Å². The first-order valence-corrected chi connectivity index (χ1v) is 7.03. The molecule has 3 heterocycles. The summed E-state index contributed by atoms with van der Waals surface area (Å²) in [6.45, 7) is 0.792. The van der Waals surface area contributed by atoms with E-state index in [1.807, 2.05) is 4.68 Å². The topological polar surface area (TPSA) is 39.9 Å². The third-order valence-electron chi connectivity index (χ3n) is 2.92. The SMILES string of the molecule is Clc1ccnc2c(I)nn(C3CCCCO3)c12. The molecule has 4 nitrogen and oxygen atoms in total. The number of pyridine rings is 1. The largest absolute Gasteiger partial charge is 0.356 e. The van der Waals surface area contributed by atoms with Crippen LogP contribution in [0.5, 0.6) is 0 Å². The maximum absolute atomic E-state index is 6.24. The van der Waals surface area contributed by atoms with E-state index < -0.39 is 0 Å². The Morgan fingerprint density at radius 3 is 3.12 bits per heavy atom. The van der Waals surface area contributed by atoms with Gasteiger partial charge in [-0.25, -0.2) is 4.68 Å². The first-order chi connectivity index (χ1) is 8.27. The lowest BCUT2D eigenvalue weighted by atomic mass is 10.2. The first kappa shape index (κ1) is 11.7. The van der Waals surface area contributed by atoms with Crippen molar-refractivity contribution in [1.29, 1.82) is 0 Å². The molecule has 90 valence electrons. The lowest BCUT2D eigenvalue weighted by Gasteiger charge is -2.23. The van der Waals surface area contributed by atoms with E-state index in [9.17, 15) is 0 Å². The average Bonchev–Trinajstić information content (AvgIpc) is 2.70. The van der Waals surface area contributed by atoms with Gasteiger partial charge in [0.05, 0.1) is 5.02 Å². The molecule has 17 heavy (non-hydrogen) atoms. The van der Waals surface area contributed by atoms with Crippen LogP contribution in [0.25, 0.3) is 11.0 Å². The van der Waals surface area contributed by atoms with Crippen molar-refractivity contribution in [3.8, 4) is 0 Å². The van der Waals surface area contributed by atoms with E-state index in [0.717, 1.165) is 34.2 Å². The minimum absolute atomic E-state index is 0.00327. The summed E-state index contributed by atoms with van der Waals surface area (Å²) in [6.07, 6.45) is 4.98. The standard InChI is InChI=1S/C11H11ClIN3O/c12-7-4-5-14-9-10(7)16(15-11(9)13)8-3-1-2-6-17-8/h4-5,8H,1-3,6H2. The van der Waals surface area contributed by atoms with Crippen LogP contribution in [-0.2, 0) is 4.74 Å².